The van der Waals surface area contributed by atoms with E-state index in [9.17, 15) is 22.4 Å². The van der Waals surface area contributed by atoms with Crippen molar-refractivity contribution in [3.63, 3.8) is 0 Å². The maximum absolute atomic E-state index is 13.4. The Morgan fingerprint density at radius 2 is 2.05 bits per heavy atom. The Labute approximate surface area is 119 Å². The van der Waals surface area contributed by atoms with Crippen LogP contribution in [0.3, 0.4) is 0 Å². The lowest BCUT2D eigenvalue weighted by Crippen LogP contribution is -2.58. The zero-order valence-corrected chi connectivity index (χ0v) is 11.5. The Kier molecular flexibility index (Phi) is 3.04. The monoisotopic (exact) mass is 301 g/mol. The number of benzene rings is 1. The number of fused-ring (bicyclic) bond motifs is 1. The van der Waals surface area contributed by atoms with Crippen molar-refractivity contribution >= 4 is 5.91 Å². The van der Waals surface area contributed by atoms with Gasteiger partial charge in [0.25, 0.3) is 5.91 Å². The molecule has 0 radical (unpaired) electrons. The molecule has 1 aliphatic carbocycles. The van der Waals surface area contributed by atoms with Gasteiger partial charge in [-0.1, -0.05) is 13.0 Å². The number of halogens is 4. The van der Waals surface area contributed by atoms with Crippen LogP contribution in [0.4, 0.5) is 17.6 Å². The van der Waals surface area contributed by atoms with Crippen molar-refractivity contribution in [1.82, 2.24) is 4.90 Å². The highest BCUT2D eigenvalue weighted by molar-refractivity contribution is 5.96. The number of rotatable bonds is 2. The molecule has 2 nitrogen and oxygen atoms in total. The lowest BCUT2D eigenvalue weighted by Gasteiger charge is -2.43. The molecule has 0 spiro atoms. The van der Waals surface area contributed by atoms with Crippen LogP contribution in [0, 0.1) is 11.7 Å². The molecule has 2 heterocycles. The first-order valence-corrected chi connectivity index (χ1v) is 6.95. The summed E-state index contributed by atoms with van der Waals surface area (Å²) in [4.78, 5) is 13.4. The summed E-state index contributed by atoms with van der Waals surface area (Å²) >= 11 is 0. The molecule has 3 fully saturated rings. The summed E-state index contributed by atoms with van der Waals surface area (Å²) in [5.74, 6) is -1.40. The molecule has 1 saturated carbocycles. The van der Waals surface area contributed by atoms with Gasteiger partial charge in [-0.05, 0) is 42.9 Å². The summed E-state index contributed by atoms with van der Waals surface area (Å²) in [6.45, 7) is 1.89. The predicted octanol–water partition coefficient (Wildman–Crippen LogP) is 3.56. The van der Waals surface area contributed by atoms with Crippen LogP contribution in [-0.2, 0) is 6.42 Å². The van der Waals surface area contributed by atoms with Crippen molar-refractivity contribution in [3.8, 4) is 0 Å². The van der Waals surface area contributed by atoms with Crippen molar-refractivity contribution in [2.75, 3.05) is 6.54 Å². The fourth-order valence-corrected chi connectivity index (χ4v) is 3.54. The molecule has 21 heavy (non-hydrogen) atoms. The van der Waals surface area contributed by atoms with Crippen LogP contribution in [0.1, 0.15) is 35.7 Å². The zero-order valence-electron chi connectivity index (χ0n) is 11.5. The normalized spacial score (nSPS) is 27.7. The summed E-state index contributed by atoms with van der Waals surface area (Å²) in [6.07, 6.45) is -4.02. The molecule has 0 N–H and O–H groups in total. The van der Waals surface area contributed by atoms with Crippen LogP contribution in [-0.4, -0.2) is 29.1 Å². The van der Waals surface area contributed by atoms with Gasteiger partial charge < -0.3 is 4.90 Å². The number of hydrogen-bond acceptors (Lipinski definition) is 1. The molecular weight excluding hydrogens is 286 g/mol. The van der Waals surface area contributed by atoms with Crippen molar-refractivity contribution in [2.45, 2.75) is 37.9 Å². The maximum Gasteiger partial charge on any atom is 0.411 e. The molecule has 1 aromatic rings. The number of alkyl halides is 3. The van der Waals surface area contributed by atoms with Gasteiger partial charge in [-0.15, -0.1) is 0 Å². The molecule has 4 rings (SSSR count). The fourth-order valence-electron chi connectivity index (χ4n) is 3.54. The smallest absolute Gasteiger partial charge is 0.324 e. The highest BCUT2D eigenvalue weighted by Crippen LogP contribution is 2.58. The molecule has 2 saturated heterocycles. The van der Waals surface area contributed by atoms with E-state index in [0.717, 1.165) is 11.0 Å². The molecular formula is C15H15F4NO. The van der Waals surface area contributed by atoms with Crippen molar-refractivity contribution in [3.05, 3.63) is 35.1 Å². The third kappa shape index (κ3) is 1.95. The molecule has 2 bridgehead atoms. The molecule has 2 aliphatic heterocycles. The molecule has 0 aromatic heterocycles. The second-order valence-corrected chi connectivity index (χ2v) is 5.87. The van der Waals surface area contributed by atoms with Crippen LogP contribution in [0.25, 0.3) is 0 Å². The van der Waals surface area contributed by atoms with Gasteiger partial charge in [0.2, 0.25) is 0 Å². The van der Waals surface area contributed by atoms with E-state index in [-0.39, 0.29) is 30.9 Å². The molecule has 1 amide bonds. The SMILES string of the molecule is CCc1ccc(F)cc1C(=O)N1CC2CC1(C(F)(F)F)C2. The van der Waals surface area contributed by atoms with E-state index < -0.39 is 23.4 Å². The van der Waals surface area contributed by atoms with Gasteiger partial charge in [0, 0.05) is 12.1 Å². The summed E-state index contributed by atoms with van der Waals surface area (Å²) in [7, 11) is 0. The first-order chi connectivity index (χ1) is 9.78. The Bertz CT molecular complexity index is 590. The fraction of sp³-hybridized carbons (Fsp3) is 0.533. The van der Waals surface area contributed by atoms with Gasteiger partial charge in [-0.25, -0.2) is 4.39 Å². The predicted molar refractivity (Wildman–Crippen MR) is 68.3 cm³/mol. The second-order valence-electron chi connectivity index (χ2n) is 5.87. The average molecular weight is 301 g/mol. The van der Waals surface area contributed by atoms with Gasteiger partial charge in [0.05, 0.1) is 0 Å². The van der Waals surface area contributed by atoms with E-state index in [2.05, 4.69) is 0 Å². The van der Waals surface area contributed by atoms with Crippen LogP contribution < -0.4 is 0 Å². The van der Waals surface area contributed by atoms with Gasteiger partial charge in [0.15, 0.2) is 0 Å². The Hall–Kier alpha value is -1.59. The summed E-state index contributed by atoms with van der Waals surface area (Å²) in [6, 6.07) is 3.73. The van der Waals surface area contributed by atoms with Crippen LogP contribution >= 0.6 is 0 Å². The largest absolute Gasteiger partial charge is 0.411 e. The third-order valence-corrected chi connectivity index (χ3v) is 4.67. The number of hydrogen-bond donors (Lipinski definition) is 0. The Balaban J connectivity index is 1.98. The maximum atomic E-state index is 13.4. The Morgan fingerprint density at radius 1 is 1.38 bits per heavy atom. The van der Waals surface area contributed by atoms with Crippen LogP contribution in [0.2, 0.25) is 0 Å². The number of nitrogens with zero attached hydrogens (tertiary/aromatic N) is 1. The Morgan fingerprint density at radius 3 is 2.62 bits per heavy atom. The standard InChI is InChI=1S/C15H15F4NO/c1-2-10-3-4-11(16)5-12(10)13(21)20-8-9-6-14(20,7-9)15(17,18)19/h3-5,9H,2,6-8H2,1H3. The summed E-state index contributed by atoms with van der Waals surface area (Å²) in [5.41, 5.74) is -1.41. The molecule has 0 unspecified atom stereocenters. The van der Waals surface area contributed by atoms with Crippen molar-refractivity contribution in [1.29, 1.82) is 0 Å². The van der Waals surface area contributed by atoms with E-state index in [0.29, 0.717) is 12.0 Å². The molecule has 1 aromatic carbocycles. The highest BCUT2D eigenvalue weighted by atomic mass is 19.4. The van der Waals surface area contributed by atoms with Gasteiger partial charge in [0.1, 0.15) is 11.4 Å². The van der Waals surface area contributed by atoms with Gasteiger partial charge in [-0.2, -0.15) is 13.2 Å². The highest BCUT2D eigenvalue weighted by Gasteiger charge is 2.71. The number of amides is 1. The van der Waals surface area contributed by atoms with Crippen LogP contribution in [0.15, 0.2) is 18.2 Å². The lowest BCUT2D eigenvalue weighted by atomic mass is 9.72. The molecule has 0 atom stereocenters. The quantitative estimate of drug-likeness (QED) is 0.765. The van der Waals surface area contributed by atoms with E-state index in [1.165, 1.54) is 12.1 Å². The zero-order chi connectivity index (χ0) is 15.4. The topological polar surface area (TPSA) is 20.3 Å². The second kappa shape index (κ2) is 4.45. The molecule has 3 aliphatic rings. The first-order valence-electron chi connectivity index (χ1n) is 6.95. The van der Waals surface area contributed by atoms with E-state index >= 15 is 0 Å². The van der Waals surface area contributed by atoms with E-state index in [4.69, 9.17) is 0 Å². The van der Waals surface area contributed by atoms with E-state index in [1.54, 1.807) is 6.92 Å². The summed E-state index contributed by atoms with van der Waals surface area (Å²) in [5, 5.41) is 0. The van der Waals surface area contributed by atoms with Gasteiger partial charge in [-0.3, -0.25) is 4.79 Å². The van der Waals surface area contributed by atoms with Crippen molar-refractivity contribution in [2.24, 2.45) is 5.92 Å². The summed E-state index contributed by atoms with van der Waals surface area (Å²) < 4.78 is 53.3. The van der Waals surface area contributed by atoms with Crippen LogP contribution in [0.5, 0.6) is 0 Å². The molecule has 6 heteroatoms. The van der Waals surface area contributed by atoms with Crippen molar-refractivity contribution < 1.29 is 22.4 Å². The number of carbonyl (C=O) groups is 1. The minimum absolute atomic E-state index is 0.0288. The number of carbonyl (C=O) groups excluding carboxylic acids is 1. The number of aryl methyl sites for hydroxylation is 1. The minimum Gasteiger partial charge on any atom is -0.324 e. The first kappa shape index (κ1) is 14.4. The van der Waals surface area contributed by atoms with Gasteiger partial charge >= 0.3 is 6.18 Å². The lowest BCUT2D eigenvalue weighted by molar-refractivity contribution is -0.230. The molecule has 114 valence electrons. The third-order valence-electron chi connectivity index (χ3n) is 4.67. The average Bonchev–Trinajstić information content (AvgIpc) is 2.93. The minimum atomic E-state index is -4.44. The van der Waals surface area contributed by atoms with E-state index in [1.807, 2.05) is 0 Å².